The normalized spacial score (nSPS) is 47.6. The standard InChI is InChI=1S/C6H10F2/c1-4-2-5(7)6(8)3-4/h4-6H,2-3H2,1H3. The van der Waals surface area contributed by atoms with Crippen molar-refractivity contribution in [2.45, 2.75) is 32.1 Å². The quantitative estimate of drug-likeness (QED) is 0.459. The first-order valence-electron chi connectivity index (χ1n) is 2.98. The fourth-order valence-corrected chi connectivity index (χ4v) is 1.16. The van der Waals surface area contributed by atoms with Gasteiger partial charge in [0.1, 0.15) is 12.3 Å². The molecule has 48 valence electrons. The fourth-order valence-electron chi connectivity index (χ4n) is 1.16. The molecule has 8 heavy (non-hydrogen) atoms. The van der Waals surface area contributed by atoms with Crippen molar-refractivity contribution < 1.29 is 8.78 Å². The van der Waals surface area contributed by atoms with E-state index in [0.29, 0.717) is 12.8 Å². The maximum absolute atomic E-state index is 12.2. The molecule has 1 fully saturated rings. The Morgan fingerprint density at radius 1 is 1.12 bits per heavy atom. The highest BCUT2D eigenvalue weighted by Crippen LogP contribution is 2.29. The molecule has 0 amide bonds. The van der Waals surface area contributed by atoms with Gasteiger partial charge < -0.3 is 0 Å². The number of hydrogen-bond acceptors (Lipinski definition) is 0. The summed E-state index contributed by atoms with van der Waals surface area (Å²) in [5.41, 5.74) is 0. The molecule has 1 saturated carbocycles. The monoisotopic (exact) mass is 120 g/mol. The molecule has 0 radical (unpaired) electrons. The predicted molar refractivity (Wildman–Crippen MR) is 28.2 cm³/mol. The van der Waals surface area contributed by atoms with E-state index in [0.717, 1.165) is 0 Å². The molecule has 0 N–H and O–H groups in total. The summed E-state index contributed by atoms with van der Waals surface area (Å²) in [5, 5.41) is 0. The highest BCUT2D eigenvalue weighted by Gasteiger charge is 2.31. The van der Waals surface area contributed by atoms with Gasteiger partial charge in [-0.2, -0.15) is 0 Å². The SMILES string of the molecule is CC1CC(F)C(F)C1. The van der Waals surface area contributed by atoms with Crippen LogP contribution in [0, 0.1) is 5.92 Å². The smallest absolute Gasteiger partial charge is 0.131 e. The van der Waals surface area contributed by atoms with E-state index in [2.05, 4.69) is 0 Å². The van der Waals surface area contributed by atoms with E-state index in [1.807, 2.05) is 6.92 Å². The third-order valence-corrected chi connectivity index (χ3v) is 1.65. The average molecular weight is 120 g/mol. The minimum Gasteiger partial charge on any atom is -0.244 e. The zero-order valence-corrected chi connectivity index (χ0v) is 4.90. The summed E-state index contributed by atoms with van der Waals surface area (Å²) in [4.78, 5) is 0. The Kier molecular flexibility index (Phi) is 1.49. The van der Waals surface area contributed by atoms with Gasteiger partial charge in [0, 0.05) is 0 Å². The highest BCUT2D eigenvalue weighted by atomic mass is 19.2. The van der Waals surface area contributed by atoms with Crippen molar-refractivity contribution in [1.82, 2.24) is 0 Å². The van der Waals surface area contributed by atoms with Gasteiger partial charge in [-0.05, 0) is 18.8 Å². The summed E-state index contributed by atoms with van der Waals surface area (Å²) in [6, 6.07) is 0. The average Bonchev–Trinajstić information content (AvgIpc) is 1.85. The van der Waals surface area contributed by atoms with Crippen LogP contribution in [0.15, 0.2) is 0 Å². The first-order chi connectivity index (χ1) is 3.70. The molecular formula is C6H10F2. The summed E-state index contributed by atoms with van der Waals surface area (Å²) >= 11 is 0. The van der Waals surface area contributed by atoms with Gasteiger partial charge in [-0.25, -0.2) is 8.78 Å². The van der Waals surface area contributed by atoms with Crippen molar-refractivity contribution in [2.24, 2.45) is 5.92 Å². The second-order valence-corrected chi connectivity index (χ2v) is 2.61. The molecule has 2 atom stereocenters. The summed E-state index contributed by atoms with van der Waals surface area (Å²) in [5.74, 6) is 0.250. The molecule has 2 unspecified atom stereocenters. The van der Waals surface area contributed by atoms with E-state index in [1.165, 1.54) is 0 Å². The number of halogens is 2. The topological polar surface area (TPSA) is 0 Å². The fraction of sp³-hybridized carbons (Fsp3) is 1.00. The van der Waals surface area contributed by atoms with Gasteiger partial charge in [0.05, 0.1) is 0 Å². The van der Waals surface area contributed by atoms with Gasteiger partial charge in [-0.3, -0.25) is 0 Å². The van der Waals surface area contributed by atoms with E-state index >= 15 is 0 Å². The Labute approximate surface area is 47.9 Å². The molecule has 1 aliphatic rings. The largest absolute Gasteiger partial charge is 0.244 e. The molecule has 0 spiro atoms. The molecule has 0 nitrogen and oxygen atoms in total. The minimum absolute atomic E-state index is 0.250. The lowest BCUT2D eigenvalue weighted by atomic mass is 10.1. The van der Waals surface area contributed by atoms with Crippen LogP contribution in [-0.4, -0.2) is 12.3 Å². The van der Waals surface area contributed by atoms with Crippen LogP contribution >= 0.6 is 0 Å². The van der Waals surface area contributed by atoms with Crippen LogP contribution in [0.2, 0.25) is 0 Å². The Bertz CT molecular complexity index is 72.6. The summed E-state index contributed by atoms with van der Waals surface area (Å²) < 4.78 is 24.4. The Balaban J connectivity index is 2.39. The van der Waals surface area contributed by atoms with Gasteiger partial charge >= 0.3 is 0 Å². The summed E-state index contributed by atoms with van der Waals surface area (Å²) in [7, 11) is 0. The molecular weight excluding hydrogens is 110 g/mol. The molecule has 1 rings (SSSR count). The third kappa shape index (κ3) is 0.984. The van der Waals surface area contributed by atoms with Crippen LogP contribution in [0.4, 0.5) is 8.78 Å². The number of alkyl halides is 2. The molecule has 0 aromatic carbocycles. The molecule has 1 aliphatic carbocycles. The lowest BCUT2D eigenvalue weighted by Crippen LogP contribution is -2.06. The van der Waals surface area contributed by atoms with Gasteiger partial charge in [-0.1, -0.05) is 6.92 Å². The van der Waals surface area contributed by atoms with Crippen molar-refractivity contribution >= 4 is 0 Å². The maximum Gasteiger partial charge on any atom is 0.131 e. The zero-order valence-electron chi connectivity index (χ0n) is 4.90. The van der Waals surface area contributed by atoms with E-state index in [-0.39, 0.29) is 5.92 Å². The van der Waals surface area contributed by atoms with Crippen molar-refractivity contribution in [3.8, 4) is 0 Å². The van der Waals surface area contributed by atoms with Gasteiger partial charge in [0.15, 0.2) is 0 Å². The van der Waals surface area contributed by atoms with Crippen LogP contribution < -0.4 is 0 Å². The lowest BCUT2D eigenvalue weighted by molar-refractivity contribution is 0.199. The molecule has 0 aromatic heterocycles. The second kappa shape index (κ2) is 2.00. The highest BCUT2D eigenvalue weighted by molar-refractivity contribution is 4.80. The molecule has 0 aromatic rings. The van der Waals surface area contributed by atoms with E-state index in [4.69, 9.17) is 0 Å². The third-order valence-electron chi connectivity index (χ3n) is 1.65. The van der Waals surface area contributed by atoms with Crippen molar-refractivity contribution in [2.75, 3.05) is 0 Å². The Morgan fingerprint density at radius 2 is 1.50 bits per heavy atom. The van der Waals surface area contributed by atoms with Gasteiger partial charge in [0.2, 0.25) is 0 Å². The molecule has 0 aliphatic heterocycles. The van der Waals surface area contributed by atoms with Gasteiger partial charge in [-0.15, -0.1) is 0 Å². The first-order valence-corrected chi connectivity index (χ1v) is 2.98. The van der Waals surface area contributed by atoms with Crippen LogP contribution in [0.3, 0.4) is 0 Å². The Morgan fingerprint density at radius 3 is 1.62 bits per heavy atom. The molecule has 0 heterocycles. The lowest BCUT2D eigenvalue weighted by Gasteiger charge is -1.96. The minimum atomic E-state index is -1.18. The van der Waals surface area contributed by atoms with E-state index in [1.54, 1.807) is 0 Å². The number of rotatable bonds is 0. The summed E-state index contributed by atoms with van der Waals surface area (Å²) in [6.07, 6.45) is -1.52. The van der Waals surface area contributed by atoms with Crippen LogP contribution in [0.25, 0.3) is 0 Å². The van der Waals surface area contributed by atoms with Crippen molar-refractivity contribution in [3.63, 3.8) is 0 Å². The summed E-state index contributed by atoms with van der Waals surface area (Å²) in [6.45, 7) is 1.88. The van der Waals surface area contributed by atoms with E-state index < -0.39 is 12.3 Å². The van der Waals surface area contributed by atoms with Gasteiger partial charge in [0.25, 0.3) is 0 Å². The molecule has 0 bridgehead atoms. The second-order valence-electron chi connectivity index (χ2n) is 2.61. The maximum atomic E-state index is 12.2. The van der Waals surface area contributed by atoms with Crippen LogP contribution in [0.1, 0.15) is 19.8 Å². The van der Waals surface area contributed by atoms with Crippen molar-refractivity contribution in [1.29, 1.82) is 0 Å². The molecule has 2 heteroatoms. The first kappa shape index (κ1) is 5.99. The number of hydrogen-bond donors (Lipinski definition) is 0. The van der Waals surface area contributed by atoms with E-state index in [9.17, 15) is 8.78 Å². The zero-order chi connectivity index (χ0) is 6.15. The van der Waals surface area contributed by atoms with Crippen LogP contribution in [-0.2, 0) is 0 Å². The molecule has 0 saturated heterocycles. The van der Waals surface area contributed by atoms with Crippen LogP contribution in [0.5, 0.6) is 0 Å². The predicted octanol–water partition coefficient (Wildman–Crippen LogP) is 2.09. The Hall–Kier alpha value is -0.140. The van der Waals surface area contributed by atoms with Crippen molar-refractivity contribution in [3.05, 3.63) is 0 Å².